The molecule has 1 saturated carbocycles. The zero-order chi connectivity index (χ0) is 14.7. The Bertz CT molecular complexity index is 498. The van der Waals surface area contributed by atoms with Crippen LogP contribution in [0.5, 0.6) is 0 Å². The van der Waals surface area contributed by atoms with Gasteiger partial charge in [-0.3, -0.25) is 4.79 Å². The van der Waals surface area contributed by atoms with E-state index >= 15 is 0 Å². The molecule has 1 spiro atoms. The van der Waals surface area contributed by atoms with Crippen molar-refractivity contribution in [2.75, 3.05) is 19.6 Å². The predicted molar refractivity (Wildman–Crippen MR) is 89.7 cm³/mol. The topological polar surface area (TPSA) is 20.3 Å². The van der Waals surface area contributed by atoms with E-state index in [9.17, 15) is 4.79 Å². The number of Topliss-reactive ketones (excluding diaryl/α,β-unsaturated/α-hetero) is 1. The minimum Gasteiger partial charge on any atom is -0.303 e. The van der Waals surface area contributed by atoms with Crippen molar-refractivity contribution in [3.8, 4) is 0 Å². The van der Waals surface area contributed by atoms with Crippen molar-refractivity contribution in [3.05, 3.63) is 34.3 Å². The van der Waals surface area contributed by atoms with E-state index < -0.39 is 0 Å². The average molecular weight is 350 g/mol. The Balaban J connectivity index is 1.48. The van der Waals surface area contributed by atoms with E-state index in [-0.39, 0.29) is 5.78 Å². The summed E-state index contributed by atoms with van der Waals surface area (Å²) in [4.78, 5) is 14.8. The van der Waals surface area contributed by atoms with Crippen LogP contribution < -0.4 is 0 Å². The summed E-state index contributed by atoms with van der Waals surface area (Å²) in [7, 11) is 0. The lowest BCUT2D eigenvalue weighted by atomic mass is 9.77. The van der Waals surface area contributed by atoms with Gasteiger partial charge in [-0.1, -0.05) is 47.0 Å². The number of likely N-dealkylation sites (tertiary alicyclic amines) is 1. The number of rotatable bonds is 4. The Morgan fingerprint density at radius 1 is 1.10 bits per heavy atom. The maximum absolute atomic E-state index is 12.3. The molecular formula is C18H24BrNO. The number of carbonyl (C=O) groups excluding carboxylic acids is 1. The summed E-state index contributed by atoms with van der Waals surface area (Å²) < 4.78 is 0.915. The lowest BCUT2D eigenvalue weighted by Gasteiger charge is -2.39. The van der Waals surface area contributed by atoms with Crippen LogP contribution in [0.3, 0.4) is 0 Å². The van der Waals surface area contributed by atoms with E-state index in [0.29, 0.717) is 11.8 Å². The summed E-state index contributed by atoms with van der Waals surface area (Å²) >= 11 is 3.47. The molecule has 0 N–H and O–H groups in total. The summed E-state index contributed by atoms with van der Waals surface area (Å²) in [5.74, 6) is 0.253. The number of halogens is 1. The third-order valence-corrected chi connectivity index (χ3v) is 6.10. The summed E-state index contributed by atoms with van der Waals surface area (Å²) in [6, 6.07) is 7.74. The number of benzene rings is 1. The average Bonchev–Trinajstić information content (AvgIpc) is 2.95. The third-order valence-electron chi connectivity index (χ3n) is 5.41. The van der Waals surface area contributed by atoms with Gasteiger partial charge in [-0.15, -0.1) is 0 Å². The second-order valence-electron chi connectivity index (χ2n) is 6.70. The Hall–Kier alpha value is -0.670. The van der Waals surface area contributed by atoms with Gasteiger partial charge in [-0.05, 0) is 50.3 Å². The molecule has 21 heavy (non-hydrogen) atoms. The SMILES string of the molecule is O=C(CCN1CCC2(CCCC2)CC1)c1ccccc1Br. The van der Waals surface area contributed by atoms with Crippen LogP contribution in [-0.4, -0.2) is 30.3 Å². The van der Waals surface area contributed by atoms with E-state index in [4.69, 9.17) is 0 Å². The molecule has 1 heterocycles. The van der Waals surface area contributed by atoms with Crippen molar-refractivity contribution in [1.29, 1.82) is 0 Å². The van der Waals surface area contributed by atoms with Crippen molar-refractivity contribution in [2.45, 2.75) is 44.9 Å². The van der Waals surface area contributed by atoms with Crippen LogP contribution in [0.4, 0.5) is 0 Å². The minimum absolute atomic E-state index is 0.253. The smallest absolute Gasteiger partial charge is 0.165 e. The first-order chi connectivity index (χ1) is 10.2. The van der Waals surface area contributed by atoms with Crippen LogP contribution in [-0.2, 0) is 0 Å². The maximum atomic E-state index is 12.3. The number of hydrogen-bond acceptors (Lipinski definition) is 2. The van der Waals surface area contributed by atoms with E-state index in [2.05, 4.69) is 20.8 Å². The van der Waals surface area contributed by atoms with Gasteiger partial charge in [0.2, 0.25) is 0 Å². The largest absolute Gasteiger partial charge is 0.303 e. The van der Waals surface area contributed by atoms with Gasteiger partial charge in [0.15, 0.2) is 5.78 Å². The Morgan fingerprint density at radius 2 is 1.76 bits per heavy atom. The van der Waals surface area contributed by atoms with E-state index in [1.165, 1.54) is 51.6 Å². The first-order valence-electron chi connectivity index (χ1n) is 8.19. The number of carbonyl (C=O) groups is 1. The molecule has 0 unspecified atom stereocenters. The van der Waals surface area contributed by atoms with Crippen LogP contribution >= 0.6 is 15.9 Å². The Morgan fingerprint density at radius 3 is 2.43 bits per heavy atom. The van der Waals surface area contributed by atoms with Crippen LogP contribution in [0, 0.1) is 5.41 Å². The Labute approximate surface area is 136 Å². The summed E-state index contributed by atoms with van der Waals surface area (Å²) in [5.41, 5.74) is 1.49. The number of hydrogen-bond donors (Lipinski definition) is 0. The van der Waals surface area contributed by atoms with Gasteiger partial charge < -0.3 is 4.90 Å². The molecule has 3 rings (SSSR count). The second kappa shape index (κ2) is 6.62. The quantitative estimate of drug-likeness (QED) is 0.735. The highest BCUT2D eigenvalue weighted by atomic mass is 79.9. The highest BCUT2D eigenvalue weighted by molar-refractivity contribution is 9.10. The molecule has 2 aliphatic rings. The summed E-state index contributed by atoms with van der Waals surface area (Å²) in [5, 5.41) is 0. The van der Waals surface area contributed by atoms with Crippen molar-refractivity contribution in [1.82, 2.24) is 4.90 Å². The first-order valence-corrected chi connectivity index (χ1v) is 8.98. The molecule has 0 radical (unpaired) electrons. The molecule has 1 saturated heterocycles. The fraction of sp³-hybridized carbons (Fsp3) is 0.611. The highest BCUT2D eigenvalue weighted by Gasteiger charge is 2.36. The van der Waals surface area contributed by atoms with Gasteiger partial charge in [0.25, 0.3) is 0 Å². The molecular weight excluding hydrogens is 326 g/mol. The summed E-state index contributed by atoms with van der Waals surface area (Å²) in [6.07, 6.45) is 9.07. The molecule has 1 aliphatic carbocycles. The van der Waals surface area contributed by atoms with Gasteiger partial charge in [0, 0.05) is 23.0 Å². The first kappa shape index (κ1) is 15.2. The standard InChI is InChI=1S/C18H24BrNO/c19-16-6-2-1-5-15(16)17(21)7-12-20-13-10-18(11-14-20)8-3-4-9-18/h1-2,5-6H,3-4,7-14H2. The van der Waals surface area contributed by atoms with Crippen LogP contribution in [0.15, 0.2) is 28.7 Å². The van der Waals surface area contributed by atoms with Crippen molar-refractivity contribution in [2.24, 2.45) is 5.41 Å². The van der Waals surface area contributed by atoms with Crippen molar-refractivity contribution in [3.63, 3.8) is 0 Å². The van der Waals surface area contributed by atoms with Crippen LogP contribution in [0.2, 0.25) is 0 Å². The molecule has 0 aromatic heterocycles. The van der Waals surface area contributed by atoms with E-state index in [1.807, 2.05) is 24.3 Å². The predicted octanol–water partition coefficient (Wildman–Crippen LogP) is 4.68. The lowest BCUT2D eigenvalue weighted by Crippen LogP contribution is -2.39. The molecule has 0 amide bonds. The normalized spacial score (nSPS) is 21.8. The molecule has 0 bridgehead atoms. The van der Waals surface area contributed by atoms with Crippen LogP contribution in [0.1, 0.15) is 55.3 Å². The number of nitrogens with zero attached hydrogens (tertiary/aromatic N) is 1. The number of piperidine rings is 1. The summed E-state index contributed by atoms with van der Waals surface area (Å²) in [6.45, 7) is 3.28. The Kier molecular flexibility index (Phi) is 4.80. The molecule has 2 nitrogen and oxygen atoms in total. The van der Waals surface area contributed by atoms with E-state index in [1.54, 1.807) is 0 Å². The fourth-order valence-electron chi connectivity index (χ4n) is 3.96. The fourth-order valence-corrected chi connectivity index (χ4v) is 4.46. The van der Waals surface area contributed by atoms with Crippen molar-refractivity contribution >= 4 is 21.7 Å². The highest BCUT2D eigenvalue weighted by Crippen LogP contribution is 2.46. The van der Waals surface area contributed by atoms with E-state index in [0.717, 1.165) is 16.6 Å². The maximum Gasteiger partial charge on any atom is 0.165 e. The van der Waals surface area contributed by atoms with Gasteiger partial charge >= 0.3 is 0 Å². The van der Waals surface area contributed by atoms with Gasteiger partial charge in [0.1, 0.15) is 0 Å². The monoisotopic (exact) mass is 349 g/mol. The zero-order valence-electron chi connectivity index (χ0n) is 12.6. The number of ketones is 1. The lowest BCUT2D eigenvalue weighted by molar-refractivity contribution is 0.0887. The molecule has 2 fully saturated rings. The van der Waals surface area contributed by atoms with Gasteiger partial charge in [-0.2, -0.15) is 0 Å². The molecule has 3 heteroatoms. The molecule has 1 aromatic rings. The molecule has 0 atom stereocenters. The molecule has 114 valence electrons. The zero-order valence-corrected chi connectivity index (χ0v) is 14.2. The second-order valence-corrected chi connectivity index (χ2v) is 7.56. The third kappa shape index (κ3) is 3.57. The van der Waals surface area contributed by atoms with Gasteiger partial charge in [-0.25, -0.2) is 0 Å². The minimum atomic E-state index is 0.253. The van der Waals surface area contributed by atoms with Crippen molar-refractivity contribution < 1.29 is 4.79 Å². The van der Waals surface area contributed by atoms with Crippen LogP contribution in [0.25, 0.3) is 0 Å². The molecule has 1 aromatic carbocycles. The molecule has 1 aliphatic heterocycles. The van der Waals surface area contributed by atoms with Gasteiger partial charge in [0.05, 0.1) is 0 Å².